The van der Waals surface area contributed by atoms with Gasteiger partial charge in [0.25, 0.3) is 11.8 Å². The topological polar surface area (TPSA) is 61.9 Å². The number of halogens is 1. The molecular formula is C27H28ClN3O3S. The number of amides is 2. The quantitative estimate of drug-likeness (QED) is 0.481. The predicted molar refractivity (Wildman–Crippen MR) is 141 cm³/mol. The third-order valence-corrected chi connectivity index (χ3v) is 8.10. The van der Waals surface area contributed by atoms with Crippen LogP contribution < -0.4 is 15.0 Å². The average Bonchev–Trinajstić information content (AvgIpc) is 3.55. The monoisotopic (exact) mass is 509 g/mol. The van der Waals surface area contributed by atoms with Gasteiger partial charge in [0.15, 0.2) is 0 Å². The summed E-state index contributed by atoms with van der Waals surface area (Å²) >= 11 is 7.53. The number of carbonyl (C=O) groups excluding carboxylic acids is 2. The van der Waals surface area contributed by atoms with Crippen molar-refractivity contribution >= 4 is 40.4 Å². The van der Waals surface area contributed by atoms with Gasteiger partial charge >= 0.3 is 0 Å². The van der Waals surface area contributed by atoms with E-state index in [4.69, 9.17) is 16.3 Å². The zero-order valence-corrected chi connectivity index (χ0v) is 21.3. The summed E-state index contributed by atoms with van der Waals surface area (Å²) < 4.78 is 5.54. The van der Waals surface area contributed by atoms with E-state index >= 15 is 0 Å². The molecule has 2 aromatic carbocycles. The second kappa shape index (κ2) is 10.4. The van der Waals surface area contributed by atoms with Crippen LogP contribution in [0.3, 0.4) is 0 Å². The Labute approximate surface area is 214 Å². The molecule has 0 saturated carbocycles. The maximum atomic E-state index is 13.4. The molecule has 3 heterocycles. The molecule has 2 amide bonds. The van der Waals surface area contributed by atoms with E-state index in [-0.39, 0.29) is 11.8 Å². The molecule has 0 radical (unpaired) electrons. The van der Waals surface area contributed by atoms with E-state index in [1.807, 2.05) is 30.3 Å². The maximum absolute atomic E-state index is 13.4. The van der Waals surface area contributed by atoms with Crippen molar-refractivity contribution in [2.45, 2.75) is 19.3 Å². The lowest BCUT2D eigenvalue weighted by atomic mass is 10.0. The molecule has 8 heteroatoms. The Bertz CT molecular complexity index is 1230. The van der Waals surface area contributed by atoms with E-state index < -0.39 is 0 Å². The molecule has 6 nitrogen and oxygen atoms in total. The SMILES string of the molecule is COc1cc(N2CCc3cc(-c4ccc(Cl)cc4)sc3C2=O)ccc1C(=O)NCCN1CCCC1. The van der Waals surface area contributed by atoms with Gasteiger partial charge in [-0.1, -0.05) is 23.7 Å². The first-order valence-electron chi connectivity index (χ1n) is 11.9. The van der Waals surface area contributed by atoms with Crippen molar-refractivity contribution in [3.8, 4) is 16.2 Å². The van der Waals surface area contributed by atoms with Crippen LogP contribution in [0.1, 0.15) is 38.4 Å². The Morgan fingerprint density at radius 3 is 2.60 bits per heavy atom. The summed E-state index contributed by atoms with van der Waals surface area (Å²) in [5.41, 5.74) is 3.33. The van der Waals surface area contributed by atoms with Crippen molar-refractivity contribution in [3.05, 3.63) is 69.6 Å². The molecule has 2 aliphatic rings. The Hall–Kier alpha value is -2.87. The molecule has 1 N–H and O–H groups in total. The van der Waals surface area contributed by atoms with Gasteiger partial charge in [0.1, 0.15) is 5.75 Å². The Morgan fingerprint density at radius 2 is 1.86 bits per heavy atom. The number of rotatable bonds is 7. The molecule has 35 heavy (non-hydrogen) atoms. The molecule has 2 aliphatic heterocycles. The summed E-state index contributed by atoms with van der Waals surface area (Å²) in [7, 11) is 1.55. The van der Waals surface area contributed by atoms with Gasteiger partial charge < -0.3 is 19.9 Å². The van der Waals surface area contributed by atoms with E-state index in [2.05, 4.69) is 16.3 Å². The molecule has 5 rings (SSSR count). The predicted octanol–water partition coefficient (Wildman–Crippen LogP) is 5.11. The van der Waals surface area contributed by atoms with Crippen LogP contribution >= 0.6 is 22.9 Å². The highest BCUT2D eigenvalue weighted by Crippen LogP contribution is 2.37. The van der Waals surface area contributed by atoms with Crippen LogP contribution in [0, 0.1) is 0 Å². The smallest absolute Gasteiger partial charge is 0.268 e. The number of fused-ring (bicyclic) bond motifs is 1. The maximum Gasteiger partial charge on any atom is 0.268 e. The van der Waals surface area contributed by atoms with Crippen LogP contribution in [0.15, 0.2) is 48.5 Å². The lowest BCUT2D eigenvalue weighted by Gasteiger charge is -2.27. The highest BCUT2D eigenvalue weighted by molar-refractivity contribution is 7.17. The zero-order valence-electron chi connectivity index (χ0n) is 19.7. The molecule has 0 atom stereocenters. The second-order valence-corrected chi connectivity index (χ2v) is 10.4. The Morgan fingerprint density at radius 1 is 1.09 bits per heavy atom. The molecule has 1 fully saturated rings. The van der Waals surface area contributed by atoms with Crippen LogP contribution in [0.4, 0.5) is 5.69 Å². The van der Waals surface area contributed by atoms with E-state index in [0.717, 1.165) is 52.6 Å². The molecule has 1 saturated heterocycles. The number of nitrogens with one attached hydrogen (secondary N) is 1. The fraction of sp³-hybridized carbons (Fsp3) is 0.333. The highest BCUT2D eigenvalue weighted by atomic mass is 35.5. The molecule has 0 spiro atoms. The third kappa shape index (κ3) is 5.08. The fourth-order valence-electron chi connectivity index (χ4n) is 4.72. The minimum absolute atomic E-state index is 0.0265. The number of benzene rings is 2. The van der Waals surface area contributed by atoms with Gasteiger partial charge in [-0.05, 0) is 73.8 Å². The minimum Gasteiger partial charge on any atom is -0.496 e. The van der Waals surface area contributed by atoms with Crippen LogP contribution in [-0.2, 0) is 6.42 Å². The number of anilines is 1. The molecular weight excluding hydrogens is 482 g/mol. The summed E-state index contributed by atoms with van der Waals surface area (Å²) in [6, 6.07) is 15.1. The molecule has 182 valence electrons. The van der Waals surface area contributed by atoms with Crippen molar-refractivity contribution in [2.75, 3.05) is 44.7 Å². The van der Waals surface area contributed by atoms with Crippen LogP contribution in [0.5, 0.6) is 5.75 Å². The highest BCUT2D eigenvalue weighted by Gasteiger charge is 2.29. The number of thiophene rings is 1. The number of hydrogen-bond donors (Lipinski definition) is 1. The minimum atomic E-state index is -0.161. The first kappa shape index (κ1) is 23.9. The number of carbonyl (C=O) groups is 2. The van der Waals surface area contributed by atoms with E-state index in [1.165, 1.54) is 24.2 Å². The molecule has 1 aromatic heterocycles. The Balaban J connectivity index is 1.31. The van der Waals surface area contributed by atoms with Gasteiger partial charge in [-0.15, -0.1) is 11.3 Å². The van der Waals surface area contributed by atoms with Crippen LogP contribution in [0.2, 0.25) is 5.02 Å². The number of methoxy groups -OCH3 is 1. The first-order chi connectivity index (χ1) is 17.0. The van der Waals surface area contributed by atoms with E-state index in [0.29, 0.717) is 29.4 Å². The van der Waals surface area contributed by atoms with Gasteiger partial charge in [0.2, 0.25) is 0 Å². The number of ether oxygens (including phenoxy) is 1. The fourth-order valence-corrected chi connectivity index (χ4v) is 6.01. The third-order valence-electron chi connectivity index (χ3n) is 6.64. The van der Waals surface area contributed by atoms with Crippen molar-refractivity contribution in [1.29, 1.82) is 0 Å². The average molecular weight is 510 g/mol. The number of likely N-dealkylation sites (tertiary alicyclic amines) is 1. The Kier molecular flexibility index (Phi) is 7.09. The van der Waals surface area contributed by atoms with Crippen molar-refractivity contribution in [3.63, 3.8) is 0 Å². The summed E-state index contributed by atoms with van der Waals surface area (Å²) in [4.78, 5) is 32.1. The lowest BCUT2D eigenvalue weighted by molar-refractivity contribution is 0.0945. The van der Waals surface area contributed by atoms with Crippen molar-refractivity contribution in [2.24, 2.45) is 0 Å². The van der Waals surface area contributed by atoms with Gasteiger partial charge in [0, 0.05) is 41.3 Å². The van der Waals surface area contributed by atoms with E-state index in [1.54, 1.807) is 24.1 Å². The summed E-state index contributed by atoms with van der Waals surface area (Å²) in [6.07, 6.45) is 3.23. The van der Waals surface area contributed by atoms with Gasteiger partial charge in [-0.3, -0.25) is 9.59 Å². The molecule has 0 aliphatic carbocycles. The van der Waals surface area contributed by atoms with E-state index in [9.17, 15) is 9.59 Å². The number of nitrogens with zero attached hydrogens (tertiary/aromatic N) is 2. The van der Waals surface area contributed by atoms with Crippen molar-refractivity contribution in [1.82, 2.24) is 10.2 Å². The number of hydrogen-bond acceptors (Lipinski definition) is 5. The zero-order chi connectivity index (χ0) is 24.4. The van der Waals surface area contributed by atoms with Gasteiger partial charge in [-0.2, -0.15) is 0 Å². The standard InChI is InChI=1S/C27H28ClN3O3S/c1-34-23-17-21(8-9-22(23)26(32)29-11-15-30-12-2-3-13-30)31-14-10-19-16-24(35-25(19)27(31)33)18-4-6-20(28)7-5-18/h4-9,16-17H,2-3,10-15H2,1H3,(H,29,32). The van der Waals surface area contributed by atoms with Crippen molar-refractivity contribution < 1.29 is 14.3 Å². The summed E-state index contributed by atoms with van der Waals surface area (Å²) in [5, 5.41) is 3.69. The summed E-state index contributed by atoms with van der Waals surface area (Å²) in [5.74, 6) is 0.278. The molecule has 0 bridgehead atoms. The molecule has 0 unspecified atom stereocenters. The van der Waals surface area contributed by atoms with Gasteiger partial charge in [0.05, 0.1) is 17.6 Å². The molecule has 3 aromatic rings. The second-order valence-electron chi connectivity index (χ2n) is 8.87. The lowest BCUT2D eigenvalue weighted by Crippen LogP contribution is -2.36. The first-order valence-corrected chi connectivity index (χ1v) is 13.1. The largest absolute Gasteiger partial charge is 0.496 e. The van der Waals surface area contributed by atoms with Crippen LogP contribution in [-0.4, -0.2) is 56.5 Å². The van der Waals surface area contributed by atoms with Crippen LogP contribution in [0.25, 0.3) is 10.4 Å². The normalized spacial score (nSPS) is 15.8. The summed E-state index contributed by atoms with van der Waals surface area (Å²) in [6.45, 7) is 4.24. The van der Waals surface area contributed by atoms with Gasteiger partial charge in [-0.25, -0.2) is 0 Å².